The number of carbonyl (C=O) groups excluding carboxylic acids is 1. The highest BCUT2D eigenvalue weighted by Gasteiger charge is 2.19. The number of nitrogens with zero attached hydrogens (tertiary/aromatic N) is 2. The van der Waals surface area contributed by atoms with Crippen LogP contribution in [-0.4, -0.2) is 22.4 Å². The maximum absolute atomic E-state index is 13.2. The van der Waals surface area contributed by atoms with Crippen molar-refractivity contribution in [1.82, 2.24) is 9.78 Å². The Balaban J connectivity index is 2.24. The minimum absolute atomic E-state index is 0.299. The maximum atomic E-state index is 13.2. The first-order valence-corrected chi connectivity index (χ1v) is 6.20. The van der Waals surface area contributed by atoms with Gasteiger partial charge in [-0.15, -0.1) is 0 Å². The number of ether oxygens (including phenoxy) is 1. The van der Waals surface area contributed by atoms with Gasteiger partial charge in [0.15, 0.2) is 11.6 Å². The zero-order valence-electron chi connectivity index (χ0n) is 11.1. The van der Waals surface area contributed by atoms with E-state index in [9.17, 15) is 13.6 Å². The number of halogens is 2. The Kier molecular flexibility index (Phi) is 4.12. The number of aromatic nitrogens is 2. The van der Waals surface area contributed by atoms with Gasteiger partial charge in [0.25, 0.3) is 0 Å². The van der Waals surface area contributed by atoms with E-state index < -0.39 is 17.6 Å². The summed E-state index contributed by atoms with van der Waals surface area (Å²) in [6.07, 6.45) is 1.58. The minimum Gasteiger partial charge on any atom is -0.465 e. The molecule has 6 heteroatoms. The third kappa shape index (κ3) is 2.84. The first-order chi connectivity index (χ1) is 9.52. The summed E-state index contributed by atoms with van der Waals surface area (Å²) in [6.45, 7) is 3.70. The van der Waals surface area contributed by atoms with Crippen LogP contribution >= 0.6 is 0 Å². The fourth-order valence-corrected chi connectivity index (χ4v) is 1.73. The largest absolute Gasteiger partial charge is 0.465 e. The molecular formula is C14H14F2N2O2. The van der Waals surface area contributed by atoms with E-state index in [-0.39, 0.29) is 5.97 Å². The topological polar surface area (TPSA) is 44.1 Å². The van der Waals surface area contributed by atoms with E-state index in [4.69, 9.17) is 4.74 Å². The molecule has 1 atom stereocenters. The van der Waals surface area contributed by atoms with Crippen LogP contribution in [-0.2, 0) is 9.53 Å². The number of benzene rings is 1. The van der Waals surface area contributed by atoms with Gasteiger partial charge in [-0.1, -0.05) is 0 Å². The smallest absolute Gasteiger partial charge is 0.314 e. The fraction of sp³-hybridized carbons (Fsp3) is 0.286. The summed E-state index contributed by atoms with van der Waals surface area (Å²) in [4.78, 5) is 11.6. The molecule has 0 saturated heterocycles. The molecule has 0 N–H and O–H groups in total. The zero-order chi connectivity index (χ0) is 14.7. The first-order valence-electron chi connectivity index (χ1n) is 6.20. The summed E-state index contributed by atoms with van der Waals surface area (Å²) < 4.78 is 32.3. The van der Waals surface area contributed by atoms with Gasteiger partial charge in [0, 0.05) is 12.3 Å². The van der Waals surface area contributed by atoms with Crippen LogP contribution in [0.15, 0.2) is 30.5 Å². The molecule has 20 heavy (non-hydrogen) atoms. The second-order valence-electron chi connectivity index (χ2n) is 4.26. The summed E-state index contributed by atoms with van der Waals surface area (Å²) in [5.74, 6) is -2.75. The number of rotatable bonds is 4. The van der Waals surface area contributed by atoms with E-state index in [2.05, 4.69) is 5.10 Å². The van der Waals surface area contributed by atoms with Crippen molar-refractivity contribution in [3.05, 3.63) is 47.8 Å². The van der Waals surface area contributed by atoms with Crippen LogP contribution in [0.4, 0.5) is 8.78 Å². The van der Waals surface area contributed by atoms with Gasteiger partial charge in [-0.05, 0) is 32.0 Å². The van der Waals surface area contributed by atoms with Crippen molar-refractivity contribution >= 4 is 5.97 Å². The van der Waals surface area contributed by atoms with Crippen molar-refractivity contribution in [2.24, 2.45) is 0 Å². The summed E-state index contributed by atoms with van der Waals surface area (Å²) in [6, 6.07) is 5.12. The normalized spacial score (nSPS) is 12.2. The molecule has 1 aromatic carbocycles. The van der Waals surface area contributed by atoms with Crippen LogP contribution in [0.2, 0.25) is 0 Å². The van der Waals surface area contributed by atoms with Crippen molar-refractivity contribution in [1.29, 1.82) is 0 Å². The Hall–Kier alpha value is -2.24. The third-order valence-electron chi connectivity index (χ3n) is 2.86. The van der Waals surface area contributed by atoms with Crippen molar-refractivity contribution in [3.8, 4) is 5.69 Å². The average Bonchev–Trinajstić information content (AvgIpc) is 2.91. The molecule has 0 spiro atoms. The third-order valence-corrected chi connectivity index (χ3v) is 2.86. The minimum atomic E-state index is -0.946. The van der Waals surface area contributed by atoms with Gasteiger partial charge in [0.2, 0.25) is 0 Å². The number of hydrogen-bond donors (Lipinski definition) is 0. The van der Waals surface area contributed by atoms with E-state index in [0.717, 1.165) is 12.1 Å². The molecule has 0 aliphatic heterocycles. The van der Waals surface area contributed by atoms with E-state index in [0.29, 0.717) is 18.0 Å². The molecule has 0 saturated carbocycles. The maximum Gasteiger partial charge on any atom is 0.314 e. The van der Waals surface area contributed by atoms with E-state index in [1.807, 2.05) is 0 Å². The molecule has 2 rings (SSSR count). The molecule has 0 fully saturated rings. The Morgan fingerprint density at radius 3 is 2.75 bits per heavy atom. The molecule has 0 radical (unpaired) electrons. The molecule has 1 unspecified atom stereocenters. The van der Waals surface area contributed by atoms with Gasteiger partial charge in [0.1, 0.15) is 0 Å². The molecule has 106 valence electrons. The van der Waals surface area contributed by atoms with Crippen LogP contribution in [0.25, 0.3) is 5.69 Å². The summed E-state index contributed by atoms with van der Waals surface area (Å²) in [5, 5.41) is 4.18. The predicted molar refractivity (Wildman–Crippen MR) is 68.5 cm³/mol. The lowest BCUT2D eigenvalue weighted by Gasteiger charge is -2.07. The molecule has 4 nitrogen and oxygen atoms in total. The van der Waals surface area contributed by atoms with E-state index in [1.165, 1.54) is 10.7 Å². The van der Waals surface area contributed by atoms with Gasteiger partial charge in [-0.25, -0.2) is 13.5 Å². The lowest BCUT2D eigenvalue weighted by molar-refractivity contribution is -0.144. The van der Waals surface area contributed by atoms with Crippen molar-refractivity contribution in [2.45, 2.75) is 19.8 Å². The van der Waals surface area contributed by atoms with E-state index in [1.54, 1.807) is 26.1 Å². The Bertz CT molecular complexity index is 625. The second kappa shape index (κ2) is 5.81. The molecule has 1 heterocycles. The van der Waals surface area contributed by atoms with Crippen molar-refractivity contribution in [3.63, 3.8) is 0 Å². The fourth-order valence-electron chi connectivity index (χ4n) is 1.73. The highest BCUT2D eigenvalue weighted by molar-refractivity contribution is 5.76. The predicted octanol–water partition coefficient (Wildman–Crippen LogP) is 2.82. The second-order valence-corrected chi connectivity index (χ2v) is 4.26. The molecule has 2 aromatic rings. The van der Waals surface area contributed by atoms with Crippen molar-refractivity contribution < 1.29 is 18.3 Å². The van der Waals surface area contributed by atoms with Crippen LogP contribution < -0.4 is 0 Å². The number of esters is 1. The summed E-state index contributed by atoms with van der Waals surface area (Å²) in [5.41, 5.74) is 0.888. The van der Waals surface area contributed by atoms with Crippen LogP contribution in [0.5, 0.6) is 0 Å². The van der Waals surface area contributed by atoms with Gasteiger partial charge in [-0.3, -0.25) is 4.79 Å². The molecule has 0 amide bonds. The molecule has 0 bridgehead atoms. The molecule has 0 aliphatic carbocycles. The van der Waals surface area contributed by atoms with Gasteiger partial charge >= 0.3 is 5.97 Å². The molecule has 1 aromatic heterocycles. The lowest BCUT2D eigenvalue weighted by atomic mass is 10.1. The van der Waals surface area contributed by atoms with Gasteiger partial charge in [0.05, 0.1) is 23.9 Å². The number of hydrogen-bond acceptors (Lipinski definition) is 3. The quantitative estimate of drug-likeness (QED) is 0.809. The van der Waals surface area contributed by atoms with Gasteiger partial charge in [-0.2, -0.15) is 5.10 Å². The monoisotopic (exact) mass is 280 g/mol. The summed E-state index contributed by atoms with van der Waals surface area (Å²) >= 11 is 0. The summed E-state index contributed by atoms with van der Waals surface area (Å²) in [7, 11) is 0. The zero-order valence-corrected chi connectivity index (χ0v) is 11.1. The SMILES string of the molecule is CCOC(=O)C(C)c1ccn(-c2ccc(F)c(F)c2)n1. The Labute approximate surface area is 115 Å². The van der Waals surface area contributed by atoms with Crippen LogP contribution in [0.3, 0.4) is 0 Å². The van der Waals surface area contributed by atoms with E-state index >= 15 is 0 Å². The Morgan fingerprint density at radius 2 is 2.10 bits per heavy atom. The Morgan fingerprint density at radius 1 is 1.35 bits per heavy atom. The van der Waals surface area contributed by atoms with Gasteiger partial charge < -0.3 is 4.74 Å². The molecular weight excluding hydrogens is 266 g/mol. The highest BCUT2D eigenvalue weighted by atomic mass is 19.2. The highest BCUT2D eigenvalue weighted by Crippen LogP contribution is 2.17. The molecule has 0 aliphatic rings. The average molecular weight is 280 g/mol. The van der Waals surface area contributed by atoms with Crippen LogP contribution in [0.1, 0.15) is 25.5 Å². The standard InChI is InChI=1S/C14H14F2N2O2/c1-3-20-14(19)9(2)13-6-7-18(17-13)10-4-5-11(15)12(16)8-10/h4-9H,3H2,1-2H3. The number of carbonyl (C=O) groups is 1. The van der Waals surface area contributed by atoms with Crippen LogP contribution in [0, 0.1) is 11.6 Å². The lowest BCUT2D eigenvalue weighted by Crippen LogP contribution is -2.13. The first kappa shape index (κ1) is 14.2. The van der Waals surface area contributed by atoms with Crippen molar-refractivity contribution in [2.75, 3.05) is 6.61 Å².